The van der Waals surface area contributed by atoms with Gasteiger partial charge in [-0.05, 0) is 46.6 Å². The molecule has 0 aliphatic heterocycles. The lowest BCUT2D eigenvalue weighted by Gasteiger charge is -2.21. The average molecular weight is 311 g/mol. The van der Waals surface area contributed by atoms with Gasteiger partial charge in [0.25, 0.3) is 0 Å². The van der Waals surface area contributed by atoms with Gasteiger partial charge in [0.15, 0.2) is 5.16 Å². The van der Waals surface area contributed by atoms with Gasteiger partial charge in [0.05, 0.1) is 6.61 Å². The fraction of sp³-hybridized carbons (Fsp3) is 0.667. The second kappa shape index (κ2) is 8.34. The molecular formula is C15H25N3O2S. The van der Waals surface area contributed by atoms with Crippen LogP contribution in [0.3, 0.4) is 0 Å². The lowest BCUT2D eigenvalue weighted by molar-refractivity contribution is -0.149. The number of aromatic nitrogens is 2. The first-order valence-electron chi connectivity index (χ1n) is 7.26. The first kappa shape index (κ1) is 17.9. The van der Waals surface area contributed by atoms with E-state index in [2.05, 4.69) is 9.97 Å². The molecule has 0 saturated heterocycles. The Labute approximate surface area is 131 Å². The molecular weight excluding hydrogens is 286 g/mol. The molecule has 1 aromatic heterocycles. The van der Waals surface area contributed by atoms with Crippen LogP contribution in [0.1, 0.15) is 44.5 Å². The minimum absolute atomic E-state index is 0.324. The summed E-state index contributed by atoms with van der Waals surface area (Å²) in [6.07, 6.45) is 2.47. The van der Waals surface area contributed by atoms with Crippen LogP contribution in [0.2, 0.25) is 0 Å². The Morgan fingerprint density at radius 1 is 1.33 bits per heavy atom. The van der Waals surface area contributed by atoms with Crippen molar-refractivity contribution >= 4 is 17.7 Å². The predicted octanol–water partition coefficient (Wildman–Crippen LogP) is 2.64. The van der Waals surface area contributed by atoms with E-state index in [-0.39, 0.29) is 5.97 Å². The standard InChI is InChI=1S/C15H25N3O2S/c1-5-20-13(19)15(4,16)8-6-7-9-21-14-17-11(2)10-12(3)18-14/h10H,5-9,16H2,1-4H3. The van der Waals surface area contributed by atoms with Gasteiger partial charge in [-0.2, -0.15) is 0 Å². The SMILES string of the molecule is CCOC(=O)C(C)(N)CCCCSc1nc(C)cc(C)n1. The van der Waals surface area contributed by atoms with Crippen molar-refractivity contribution in [3.63, 3.8) is 0 Å². The van der Waals surface area contributed by atoms with E-state index in [9.17, 15) is 4.79 Å². The molecule has 0 spiro atoms. The Morgan fingerprint density at radius 3 is 2.52 bits per heavy atom. The number of carbonyl (C=O) groups excluding carboxylic acids is 1. The molecule has 0 aliphatic rings. The van der Waals surface area contributed by atoms with Crippen molar-refractivity contribution < 1.29 is 9.53 Å². The average Bonchev–Trinajstić information content (AvgIpc) is 2.37. The van der Waals surface area contributed by atoms with E-state index in [0.29, 0.717) is 13.0 Å². The second-order valence-electron chi connectivity index (χ2n) is 5.38. The molecule has 1 rings (SSSR count). The first-order chi connectivity index (χ1) is 9.85. The lowest BCUT2D eigenvalue weighted by atomic mass is 9.96. The molecule has 2 N–H and O–H groups in total. The summed E-state index contributed by atoms with van der Waals surface area (Å²) < 4.78 is 4.97. The molecule has 0 aromatic carbocycles. The summed E-state index contributed by atoms with van der Waals surface area (Å²) >= 11 is 1.64. The fourth-order valence-corrected chi connectivity index (χ4v) is 2.86. The van der Waals surface area contributed by atoms with Crippen LogP contribution in [0, 0.1) is 13.8 Å². The highest BCUT2D eigenvalue weighted by Gasteiger charge is 2.28. The summed E-state index contributed by atoms with van der Waals surface area (Å²) in [5.41, 5.74) is 7.06. The zero-order valence-corrected chi connectivity index (χ0v) is 14.1. The number of rotatable bonds is 8. The van der Waals surface area contributed by atoms with Crippen LogP contribution in [0.25, 0.3) is 0 Å². The Kier molecular flexibility index (Phi) is 7.11. The van der Waals surface area contributed by atoms with Crippen molar-refractivity contribution in [2.75, 3.05) is 12.4 Å². The van der Waals surface area contributed by atoms with Gasteiger partial charge < -0.3 is 10.5 Å². The number of carbonyl (C=O) groups is 1. The van der Waals surface area contributed by atoms with E-state index in [1.54, 1.807) is 25.6 Å². The van der Waals surface area contributed by atoms with Gasteiger partial charge in [0, 0.05) is 17.1 Å². The third-order valence-electron chi connectivity index (χ3n) is 3.03. The van der Waals surface area contributed by atoms with Gasteiger partial charge in [-0.15, -0.1) is 0 Å². The quantitative estimate of drug-likeness (QED) is 0.344. The number of ether oxygens (including phenoxy) is 1. The minimum Gasteiger partial charge on any atom is -0.465 e. The van der Waals surface area contributed by atoms with Gasteiger partial charge in [0.1, 0.15) is 5.54 Å². The number of hydrogen-bond donors (Lipinski definition) is 1. The van der Waals surface area contributed by atoms with Gasteiger partial charge in [-0.25, -0.2) is 9.97 Å². The third-order valence-corrected chi connectivity index (χ3v) is 3.96. The molecule has 1 heterocycles. The van der Waals surface area contributed by atoms with Crippen molar-refractivity contribution in [3.05, 3.63) is 17.5 Å². The van der Waals surface area contributed by atoms with Crippen LogP contribution in [0.15, 0.2) is 11.2 Å². The number of unbranched alkanes of at least 4 members (excludes halogenated alkanes) is 1. The molecule has 1 atom stereocenters. The van der Waals surface area contributed by atoms with Crippen LogP contribution in [-0.4, -0.2) is 33.8 Å². The van der Waals surface area contributed by atoms with Gasteiger partial charge in [-0.1, -0.05) is 18.2 Å². The number of nitrogens with zero attached hydrogens (tertiary/aromatic N) is 2. The molecule has 0 bridgehead atoms. The minimum atomic E-state index is -0.892. The number of hydrogen-bond acceptors (Lipinski definition) is 6. The van der Waals surface area contributed by atoms with Crippen molar-refractivity contribution in [1.29, 1.82) is 0 Å². The van der Waals surface area contributed by atoms with Crippen LogP contribution in [-0.2, 0) is 9.53 Å². The Balaban J connectivity index is 2.29. The van der Waals surface area contributed by atoms with Gasteiger partial charge in [0.2, 0.25) is 0 Å². The van der Waals surface area contributed by atoms with Crippen molar-refractivity contribution in [2.45, 2.75) is 57.7 Å². The fourth-order valence-electron chi connectivity index (χ4n) is 1.91. The van der Waals surface area contributed by atoms with Crippen LogP contribution < -0.4 is 5.73 Å². The highest BCUT2D eigenvalue weighted by Crippen LogP contribution is 2.18. The Bertz CT molecular complexity index is 458. The molecule has 21 heavy (non-hydrogen) atoms. The van der Waals surface area contributed by atoms with Gasteiger partial charge in [-0.3, -0.25) is 4.79 Å². The highest BCUT2D eigenvalue weighted by molar-refractivity contribution is 7.99. The van der Waals surface area contributed by atoms with Crippen LogP contribution >= 0.6 is 11.8 Å². The number of aryl methyl sites for hydroxylation is 2. The van der Waals surface area contributed by atoms with Crippen LogP contribution in [0.5, 0.6) is 0 Å². The summed E-state index contributed by atoms with van der Waals surface area (Å²) in [5.74, 6) is 0.595. The number of esters is 1. The normalized spacial score (nSPS) is 13.8. The zero-order chi connectivity index (χ0) is 15.9. The molecule has 0 saturated carbocycles. The van der Waals surface area contributed by atoms with E-state index >= 15 is 0 Å². The Hall–Kier alpha value is -1.14. The second-order valence-corrected chi connectivity index (χ2v) is 6.44. The molecule has 1 aromatic rings. The van der Waals surface area contributed by atoms with E-state index in [1.165, 1.54) is 0 Å². The maximum Gasteiger partial charge on any atom is 0.325 e. The maximum absolute atomic E-state index is 11.7. The smallest absolute Gasteiger partial charge is 0.325 e. The van der Waals surface area contributed by atoms with E-state index < -0.39 is 5.54 Å². The predicted molar refractivity (Wildman–Crippen MR) is 85.3 cm³/mol. The van der Waals surface area contributed by atoms with E-state index in [4.69, 9.17) is 10.5 Å². The Morgan fingerprint density at radius 2 is 1.95 bits per heavy atom. The summed E-state index contributed by atoms with van der Waals surface area (Å²) in [5, 5.41) is 0.813. The highest BCUT2D eigenvalue weighted by atomic mass is 32.2. The monoisotopic (exact) mass is 311 g/mol. The molecule has 118 valence electrons. The van der Waals surface area contributed by atoms with E-state index in [0.717, 1.165) is 35.1 Å². The summed E-state index contributed by atoms with van der Waals surface area (Å²) in [6.45, 7) is 7.82. The van der Waals surface area contributed by atoms with E-state index in [1.807, 2.05) is 19.9 Å². The third kappa shape index (κ3) is 6.44. The molecule has 0 aliphatic carbocycles. The molecule has 0 radical (unpaired) electrons. The van der Waals surface area contributed by atoms with Crippen molar-refractivity contribution in [1.82, 2.24) is 9.97 Å². The molecule has 0 amide bonds. The topological polar surface area (TPSA) is 78.1 Å². The summed E-state index contributed by atoms with van der Waals surface area (Å²) in [4.78, 5) is 20.4. The maximum atomic E-state index is 11.7. The molecule has 5 nitrogen and oxygen atoms in total. The molecule has 0 fully saturated rings. The zero-order valence-electron chi connectivity index (χ0n) is 13.3. The lowest BCUT2D eigenvalue weighted by Crippen LogP contribution is -2.46. The van der Waals surface area contributed by atoms with Crippen molar-refractivity contribution in [3.8, 4) is 0 Å². The van der Waals surface area contributed by atoms with Crippen molar-refractivity contribution in [2.24, 2.45) is 5.73 Å². The summed E-state index contributed by atoms with van der Waals surface area (Å²) in [6, 6.07) is 1.96. The number of thioether (sulfide) groups is 1. The number of nitrogens with two attached hydrogens (primary N) is 1. The van der Waals surface area contributed by atoms with Gasteiger partial charge >= 0.3 is 5.97 Å². The van der Waals surface area contributed by atoms with Crippen LogP contribution in [0.4, 0.5) is 0 Å². The molecule has 6 heteroatoms. The molecule has 1 unspecified atom stereocenters. The summed E-state index contributed by atoms with van der Waals surface area (Å²) in [7, 11) is 0. The first-order valence-corrected chi connectivity index (χ1v) is 8.25. The largest absolute Gasteiger partial charge is 0.465 e.